The Hall–Kier alpha value is -1.58. The van der Waals surface area contributed by atoms with Crippen molar-refractivity contribution in [2.24, 2.45) is 0 Å². The number of benzene rings is 1. The number of halogens is 1. The van der Waals surface area contributed by atoms with Crippen LogP contribution in [0.1, 0.15) is 56.3 Å². The van der Waals surface area contributed by atoms with Crippen LogP contribution in [0, 0.1) is 5.82 Å². The molecule has 19 heavy (non-hydrogen) atoms. The summed E-state index contributed by atoms with van der Waals surface area (Å²) >= 11 is 0. The Bertz CT molecular complexity index is 421. The largest absolute Gasteiger partial charge is 0.478 e. The summed E-state index contributed by atoms with van der Waals surface area (Å²) in [5, 5.41) is 11.9. The molecule has 0 saturated carbocycles. The summed E-state index contributed by atoms with van der Waals surface area (Å²) in [7, 11) is 0. The maximum Gasteiger partial charge on any atom is 0.335 e. The van der Waals surface area contributed by atoms with Gasteiger partial charge in [-0.15, -0.1) is 0 Å². The summed E-state index contributed by atoms with van der Waals surface area (Å²) in [4.78, 5) is 10.8. The van der Waals surface area contributed by atoms with Gasteiger partial charge in [0.05, 0.1) is 11.3 Å². The average Bonchev–Trinajstić information content (AvgIpc) is 2.37. The second-order valence-electron chi connectivity index (χ2n) is 4.89. The van der Waals surface area contributed by atoms with Crippen LogP contribution in [0.2, 0.25) is 0 Å². The van der Waals surface area contributed by atoms with Crippen LogP contribution in [0.3, 0.4) is 0 Å². The molecule has 0 radical (unpaired) electrons. The van der Waals surface area contributed by atoms with E-state index in [1.54, 1.807) is 0 Å². The number of hydrogen-bond donors (Lipinski definition) is 2. The molecule has 0 amide bonds. The van der Waals surface area contributed by atoms with Gasteiger partial charge in [-0.3, -0.25) is 0 Å². The monoisotopic (exact) mass is 267 g/mol. The average molecular weight is 267 g/mol. The quantitative estimate of drug-likeness (QED) is 0.691. The minimum absolute atomic E-state index is 0.0992. The van der Waals surface area contributed by atoms with E-state index in [0.717, 1.165) is 12.8 Å². The Morgan fingerprint density at radius 3 is 2.74 bits per heavy atom. The minimum Gasteiger partial charge on any atom is -0.478 e. The van der Waals surface area contributed by atoms with Gasteiger partial charge < -0.3 is 10.4 Å². The molecule has 2 N–H and O–H groups in total. The second-order valence-corrected chi connectivity index (χ2v) is 4.89. The Morgan fingerprint density at radius 2 is 2.11 bits per heavy atom. The lowest BCUT2D eigenvalue weighted by molar-refractivity contribution is 0.0697. The molecule has 3 nitrogen and oxygen atoms in total. The first kappa shape index (κ1) is 15.5. The van der Waals surface area contributed by atoms with E-state index in [-0.39, 0.29) is 17.3 Å². The number of hydrogen-bond acceptors (Lipinski definition) is 2. The van der Waals surface area contributed by atoms with E-state index in [1.807, 2.05) is 6.92 Å². The fourth-order valence-electron chi connectivity index (χ4n) is 1.98. The summed E-state index contributed by atoms with van der Waals surface area (Å²) in [6.07, 6.45) is 5.64. The molecule has 1 unspecified atom stereocenters. The summed E-state index contributed by atoms with van der Waals surface area (Å²) in [5.74, 6) is -1.45. The molecular weight excluding hydrogens is 245 g/mol. The molecule has 0 aliphatic carbocycles. The lowest BCUT2D eigenvalue weighted by atomic mass is 10.1. The molecule has 0 heterocycles. The highest BCUT2D eigenvalue weighted by Crippen LogP contribution is 2.18. The van der Waals surface area contributed by atoms with Gasteiger partial charge in [0.1, 0.15) is 5.82 Å². The number of aromatic carboxylic acids is 1. The van der Waals surface area contributed by atoms with Gasteiger partial charge in [0.2, 0.25) is 0 Å². The van der Waals surface area contributed by atoms with Crippen molar-refractivity contribution in [3.8, 4) is 0 Å². The van der Waals surface area contributed by atoms with Gasteiger partial charge in [0.15, 0.2) is 0 Å². The first-order valence-electron chi connectivity index (χ1n) is 6.84. The number of carboxylic acid groups (broad SMARTS) is 1. The summed E-state index contributed by atoms with van der Waals surface area (Å²) in [6, 6.07) is 3.94. The topological polar surface area (TPSA) is 49.3 Å². The normalized spacial score (nSPS) is 12.2. The number of anilines is 1. The number of rotatable bonds is 8. The number of carboxylic acids is 1. The van der Waals surface area contributed by atoms with Gasteiger partial charge in [0, 0.05) is 6.04 Å². The Morgan fingerprint density at radius 1 is 1.37 bits per heavy atom. The van der Waals surface area contributed by atoms with Crippen molar-refractivity contribution < 1.29 is 14.3 Å². The van der Waals surface area contributed by atoms with Gasteiger partial charge in [-0.1, -0.05) is 32.6 Å². The third-order valence-corrected chi connectivity index (χ3v) is 3.11. The third kappa shape index (κ3) is 5.28. The van der Waals surface area contributed by atoms with Gasteiger partial charge in [-0.2, -0.15) is 0 Å². The van der Waals surface area contributed by atoms with E-state index in [0.29, 0.717) is 0 Å². The zero-order valence-corrected chi connectivity index (χ0v) is 11.6. The first-order chi connectivity index (χ1) is 9.04. The molecule has 106 valence electrons. The van der Waals surface area contributed by atoms with E-state index in [2.05, 4.69) is 12.2 Å². The zero-order valence-electron chi connectivity index (χ0n) is 11.6. The lowest BCUT2D eigenvalue weighted by Crippen LogP contribution is -2.16. The molecule has 0 aliphatic rings. The Balaban J connectivity index is 2.55. The standard InChI is InChI=1S/C15H22FNO2/c1-3-4-5-6-7-11(2)17-14-10-12(15(18)19)8-9-13(14)16/h8-11,17H,3-7H2,1-2H3,(H,18,19). The summed E-state index contributed by atoms with van der Waals surface area (Å²) in [6.45, 7) is 4.15. The Labute approximate surface area is 113 Å². The predicted molar refractivity (Wildman–Crippen MR) is 75.2 cm³/mol. The van der Waals surface area contributed by atoms with Gasteiger partial charge in [0.25, 0.3) is 0 Å². The molecule has 1 rings (SSSR count). The van der Waals surface area contributed by atoms with E-state index in [1.165, 1.54) is 37.5 Å². The fourth-order valence-corrected chi connectivity index (χ4v) is 1.98. The maximum atomic E-state index is 13.6. The SMILES string of the molecule is CCCCCCC(C)Nc1cc(C(=O)O)ccc1F. The molecule has 0 saturated heterocycles. The number of carbonyl (C=O) groups is 1. The van der Waals surface area contributed by atoms with Gasteiger partial charge >= 0.3 is 5.97 Å². The molecule has 0 bridgehead atoms. The van der Waals surface area contributed by atoms with Crippen LogP contribution in [0.15, 0.2) is 18.2 Å². The molecule has 1 atom stereocenters. The molecule has 1 aromatic rings. The smallest absolute Gasteiger partial charge is 0.335 e. The van der Waals surface area contributed by atoms with E-state index >= 15 is 0 Å². The third-order valence-electron chi connectivity index (χ3n) is 3.11. The van der Waals surface area contributed by atoms with Crippen LogP contribution < -0.4 is 5.32 Å². The van der Waals surface area contributed by atoms with Crippen LogP contribution in [0.25, 0.3) is 0 Å². The van der Waals surface area contributed by atoms with Crippen LogP contribution in [0.4, 0.5) is 10.1 Å². The zero-order chi connectivity index (χ0) is 14.3. The van der Waals surface area contributed by atoms with Crippen LogP contribution in [0.5, 0.6) is 0 Å². The van der Waals surface area contributed by atoms with Crippen LogP contribution >= 0.6 is 0 Å². The summed E-state index contributed by atoms with van der Waals surface area (Å²) < 4.78 is 13.6. The van der Waals surface area contributed by atoms with Crippen LogP contribution in [-0.2, 0) is 0 Å². The van der Waals surface area contributed by atoms with Crippen LogP contribution in [-0.4, -0.2) is 17.1 Å². The highest BCUT2D eigenvalue weighted by molar-refractivity contribution is 5.88. The molecular formula is C15H22FNO2. The fraction of sp³-hybridized carbons (Fsp3) is 0.533. The highest BCUT2D eigenvalue weighted by Gasteiger charge is 2.10. The summed E-state index contributed by atoms with van der Waals surface area (Å²) in [5.41, 5.74) is 0.366. The van der Waals surface area contributed by atoms with E-state index in [9.17, 15) is 9.18 Å². The van der Waals surface area contributed by atoms with Crippen molar-refractivity contribution in [3.63, 3.8) is 0 Å². The predicted octanol–water partition coefficient (Wildman–Crippen LogP) is 4.29. The second kappa shape index (κ2) is 7.77. The minimum atomic E-state index is -1.04. The van der Waals surface area contributed by atoms with Crippen molar-refractivity contribution in [1.29, 1.82) is 0 Å². The molecule has 1 aromatic carbocycles. The maximum absolute atomic E-state index is 13.6. The van der Waals surface area contributed by atoms with Crippen molar-refractivity contribution in [3.05, 3.63) is 29.6 Å². The Kier molecular flexibility index (Phi) is 6.33. The van der Waals surface area contributed by atoms with Crippen molar-refractivity contribution in [1.82, 2.24) is 0 Å². The molecule has 0 fully saturated rings. The molecule has 4 heteroatoms. The van der Waals surface area contributed by atoms with E-state index < -0.39 is 11.8 Å². The van der Waals surface area contributed by atoms with E-state index in [4.69, 9.17) is 5.11 Å². The number of unbranched alkanes of at least 4 members (excludes halogenated alkanes) is 3. The highest BCUT2D eigenvalue weighted by atomic mass is 19.1. The van der Waals surface area contributed by atoms with Crippen molar-refractivity contribution in [2.75, 3.05) is 5.32 Å². The van der Waals surface area contributed by atoms with Gasteiger partial charge in [-0.05, 0) is 31.5 Å². The molecule has 0 aliphatic heterocycles. The lowest BCUT2D eigenvalue weighted by Gasteiger charge is -2.16. The molecule has 0 aromatic heterocycles. The van der Waals surface area contributed by atoms with Crippen molar-refractivity contribution >= 4 is 11.7 Å². The van der Waals surface area contributed by atoms with Crippen molar-refractivity contribution in [2.45, 2.75) is 52.0 Å². The molecule has 0 spiro atoms. The van der Waals surface area contributed by atoms with Gasteiger partial charge in [-0.25, -0.2) is 9.18 Å². The number of nitrogens with one attached hydrogen (secondary N) is 1. The first-order valence-corrected chi connectivity index (χ1v) is 6.84.